The minimum Gasteiger partial charge on any atom is -0.390 e. The summed E-state index contributed by atoms with van der Waals surface area (Å²) in [5, 5.41) is 10.2. The summed E-state index contributed by atoms with van der Waals surface area (Å²) in [6, 6.07) is 0. The van der Waals surface area contributed by atoms with Gasteiger partial charge in [-0.2, -0.15) is 0 Å². The van der Waals surface area contributed by atoms with Crippen molar-refractivity contribution in [2.45, 2.75) is 64.4 Å². The SMILES string of the molecule is CC(C)(O)[C@@H]1CCCC2CCCC[C@@H]21. The molecule has 0 heterocycles. The highest BCUT2D eigenvalue weighted by molar-refractivity contribution is 4.91. The average Bonchev–Trinajstić information content (AvgIpc) is 2.15. The molecule has 82 valence electrons. The molecule has 3 atom stereocenters. The molecule has 2 rings (SSSR count). The van der Waals surface area contributed by atoms with E-state index in [9.17, 15) is 5.11 Å². The molecule has 0 radical (unpaired) electrons. The lowest BCUT2D eigenvalue weighted by Gasteiger charge is -2.46. The molecule has 2 aliphatic carbocycles. The molecule has 1 N–H and O–H groups in total. The van der Waals surface area contributed by atoms with Gasteiger partial charge >= 0.3 is 0 Å². The van der Waals surface area contributed by atoms with Crippen LogP contribution in [0.5, 0.6) is 0 Å². The van der Waals surface area contributed by atoms with Crippen molar-refractivity contribution in [1.29, 1.82) is 0 Å². The Morgan fingerprint density at radius 1 is 0.929 bits per heavy atom. The Hall–Kier alpha value is -0.0400. The van der Waals surface area contributed by atoms with Gasteiger partial charge in [0, 0.05) is 0 Å². The monoisotopic (exact) mass is 196 g/mol. The highest BCUT2D eigenvalue weighted by Gasteiger charge is 2.41. The maximum Gasteiger partial charge on any atom is 0.0622 e. The molecule has 2 saturated carbocycles. The second-order valence-electron chi connectivity index (χ2n) is 5.90. The van der Waals surface area contributed by atoms with Gasteiger partial charge in [0.1, 0.15) is 0 Å². The van der Waals surface area contributed by atoms with Gasteiger partial charge in [-0.25, -0.2) is 0 Å². The van der Waals surface area contributed by atoms with E-state index in [0.717, 1.165) is 11.8 Å². The van der Waals surface area contributed by atoms with E-state index >= 15 is 0 Å². The Labute approximate surface area is 87.9 Å². The molecule has 0 aromatic carbocycles. The first-order valence-corrected chi connectivity index (χ1v) is 6.31. The number of aliphatic hydroxyl groups is 1. The normalized spacial score (nSPS) is 39.2. The molecule has 2 fully saturated rings. The molecule has 1 nitrogen and oxygen atoms in total. The van der Waals surface area contributed by atoms with Crippen LogP contribution in [0.3, 0.4) is 0 Å². The molecule has 0 aromatic heterocycles. The standard InChI is InChI=1S/C13H24O/c1-13(2,14)12-9-5-7-10-6-3-4-8-11(10)12/h10-12,14H,3-9H2,1-2H3/t10?,11-,12+/m0/s1. The summed E-state index contributed by atoms with van der Waals surface area (Å²) in [7, 11) is 0. The van der Waals surface area contributed by atoms with Gasteiger partial charge in [-0.1, -0.05) is 32.1 Å². The van der Waals surface area contributed by atoms with Crippen LogP contribution in [0.2, 0.25) is 0 Å². The molecular formula is C13H24O. The fraction of sp³-hybridized carbons (Fsp3) is 1.00. The fourth-order valence-electron chi connectivity index (χ4n) is 3.82. The van der Waals surface area contributed by atoms with Gasteiger partial charge < -0.3 is 5.11 Å². The molecule has 0 aliphatic heterocycles. The van der Waals surface area contributed by atoms with Gasteiger partial charge in [0.2, 0.25) is 0 Å². The first-order chi connectivity index (χ1) is 6.59. The molecule has 1 heteroatoms. The van der Waals surface area contributed by atoms with E-state index in [1.54, 1.807) is 0 Å². The zero-order valence-corrected chi connectivity index (χ0v) is 9.63. The van der Waals surface area contributed by atoms with E-state index in [-0.39, 0.29) is 0 Å². The quantitative estimate of drug-likeness (QED) is 0.682. The summed E-state index contributed by atoms with van der Waals surface area (Å²) >= 11 is 0. The van der Waals surface area contributed by atoms with Crippen molar-refractivity contribution in [2.24, 2.45) is 17.8 Å². The van der Waals surface area contributed by atoms with Crippen LogP contribution >= 0.6 is 0 Å². The van der Waals surface area contributed by atoms with Crippen LogP contribution in [0.1, 0.15) is 58.8 Å². The number of rotatable bonds is 1. The largest absolute Gasteiger partial charge is 0.390 e. The third-order valence-corrected chi connectivity index (χ3v) is 4.48. The lowest BCUT2D eigenvalue weighted by Crippen LogP contribution is -2.42. The van der Waals surface area contributed by atoms with Crippen molar-refractivity contribution < 1.29 is 5.11 Å². The zero-order chi connectivity index (χ0) is 10.2. The molecular weight excluding hydrogens is 172 g/mol. The zero-order valence-electron chi connectivity index (χ0n) is 9.63. The lowest BCUT2D eigenvalue weighted by atomic mass is 9.61. The summed E-state index contributed by atoms with van der Waals surface area (Å²) in [6.07, 6.45) is 9.65. The number of hydrogen-bond donors (Lipinski definition) is 1. The fourth-order valence-corrected chi connectivity index (χ4v) is 3.82. The second-order valence-corrected chi connectivity index (χ2v) is 5.90. The van der Waals surface area contributed by atoms with Crippen molar-refractivity contribution in [3.63, 3.8) is 0 Å². The Morgan fingerprint density at radius 2 is 1.57 bits per heavy atom. The summed E-state index contributed by atoms with van der Waals surface area (Å²) in [6.45, 7) is 4.02. The van der Waals surface area contributed by atoms with Gasteiger partial charge in [0.05, 0.1) is 5.60 Å². The molecule has 0 saturated heterocycles. The molecule has 1 unspecified atom stereocenters. The van der Waals surface area contributed by atoms with Crippen LogP contribution in [0, 0.1) is 17.8 Å². The highest BCUT2D eigenvalue weighted by atomic mass is 16.3. The summed E-state index contributed by atoms with van der Waals surface area (Å²) in [5.74, 6) is 2.34. The Balaban J connectivity index is 2.09. The minimum atomic E-state index is -0.444. The Morgan fingerprint density at radius 3 is 2.29 bits per heavy atom. The molecule has 0 aromatic rings. The van der Waals surface area contributed by atoms with Crippen molar-refractivity contribution >= 4 is 0 Å². The predicted molar refractivity (Wildman–Crippen MR) is 59.1 cm³/mol. The summed E-state index contributed by atoms with van der Waals surface area (Å²) < 4.78 is 0. The first-order valence-electron chi connectivity index (χ1n) is 6.31. The highest BCUT2D eigenvalue weighted by Crippen LogP contribution is 2.47. The predicted octanol–water partition coefficient (Wildman–Crippen LogP) is 3.36. The van der Waals surface area contributed by atoms with Crippen LogP contribution < -0.4 is 0 Å². The van der Waals surface area contributed by atoms with Gasteiger partial charge in [0.15, 0.2) is 0 Å². The summed E-state index contributed by atoms with van der Waals surface area (Å²) in [5.41, 5.74) is -0.444. The summed E-state index contributed by atoms with van der Waals surface area (Å²) in [4.78, 5) is 0. The smallest absolute Gasteiger partial charge is 0.0622 e. The van der Waals surface area contributed by atoms with E-state index < -0.39 is 5.60 Å². The van der Waals surface area contributed by atoms with E-state index in [4.69, 9.17) is 0 Å². The molecule has 0 bridgehead atoms. The lowest BCUT2D eigenvalue weighted by molar-refractivity contribution is -0.0553. The van der Waals surface area contributed by atoms with Gasteiger partial charge in [-0.05, 0) is 44.4 Å². The second kappa shape index (κ2) is 3.84. The third-order valence-electron chi connectivity index (χ3n) is 4.48. The average molecular weight is 196 g/mol. The molecule has 0 amide bonds. The van der Waals surface area contributed by atoms with Crippen LogP contribution in [-0.2, 0) is 0 Å². The van der Waals surface area contributed by atoms with Gasteiger partial charge in [-0.3, -0.25) is 0 Å². The van der Waals surface area contributed by atoms with Crippen molar-refractivity contribution in [2.75, 3.05) is 0 Å². The van der Waals surface area contributed by atoms with Crippen LogP contribution in [0.15, 0.2) is 0 Å². The topological polar surface area (TPSA) is 20.2 Å². The maximum absolute atomic E-state index is 10.2. The van der Waals surface area contributed by atoms with Crippen LogP contribution in [0.4, 0.5) is 0 Å². The molecule has 14 heavy (non-hydrogen) atoms. The third kappa shape index (κ3) is 1.98. The Kier molecular flexibility index (Phi) is 2.88. The maximum atomic E-state index is 10.2. The number of hydrogen-bond acceptors (Lipinski definition) is 1. The number of fused-ring (bicyclic) bond motifs is 1. The van der Waals surface area contributed by atoms with Crippen molar-refractivity contribution in [3.8, 4) is 0 Å². The van der Waals surface area contributed by atoms with Gasteiger partial charge in [0.25, 0.3) is 0 Å². The van der Waals surface area contributed by atoms with Crippen molar-refractivity contribution in [3.05, 3.63) is 0 Å². The van der Waals surface area contributed by atoms with E-state index in [2.05, 4.69) is 0 Å². The molecule has 2 aliphatic rings. The van der Waals surface area contributed by atoms with E-state index in [1.807, 2.05) is 13.8 Å². The van der Waals surface area contributed by atoms with Crippen LogP contribution in [-0.4, -0.2) is 10.7 Å². The Bertz CT molecular complexity index is 190. The van der Waals surface area contributed by atoms with E-state index in [0.29, 0.717) is 5.92 Å². The van der Waals surface area contributed by atoms with Crippen molar-refractivity contribution in [1.82, 2.24) is 0 Å². The minimum absolute atomic E-state index is 0.444. The van der Waals surface area contributed by atoms with Gasteiger partial charge in [-0.15, -0.1) is 0 Å². The van der Waals surface area contributed by atoms with Crippen LogP contribution in [0.25, 0.3) is 0 Å². The van der Waals surface area contributed by atoms with E-state index in [1.165, 1.54) is 44.9 Å². The molecule has 0 spiro atoms. The first kappa shape index (κ1) is 10.5.